The summed E-state index contributed by atoms with van der Waals surface area (Å²) in [6.07, 6.45) is 2.67. The highest BCUT2D eigenvalue weighted by molar-refractivity contribution is 8.00. The first-order chi connectivity index (χ1) is 13.0. The highest BCUT2D eigenvalue weighted by Gasteiger charge is 2.45. The maximum atomic E-state index is 11.7. The summed E-state index contributed by atoms with van der Waals surface area (Å²) < 4.78 is 0. The fraction of sp³-hybridized carbons (Fsp3) is 0.600. The highest BCUT2D eigenvalue weighted by atomic mass is 32.2. The molecule has 1 aliphatic carbocycles. The minimum absolute atomic E-state index is 0.0760. The van der Waals surface area contributed by atoms with Crippen molar-refractivity contribution in [2.45, 2.75) is 44.0 Å². The molecule has 0 heterocycles. The monoisotopic (exact) mass is 392 g/mol. The Morgan fingerprint density at radius 2 is 2.19 bits per heavy atom. The lowest BCUT2D eigenvalue weighted by atomic mass is 9.79. The zero-order valence-electron chi connectivity index (χ0n) is 16.5. The van der Waals surface area contributed by atoms with E-state index in [0.717, 1.165) is 43.1 Å². The van der Waals surface area contributed by atoms with E-state index in [9.17, 15) is 9.90 Å². The van der Waals surface area contributed by atoms with Crippen molar-refractivity contribution in [1.82, 2.24) is 16.0 Å². The average Bonchev–Trinajstić information content (AvgIpc) is 2.68. The van der Waals surface area contributed by atoms with Gasteiger partial charge < -0.3 is 21.1 Å². The fourth-order valence-corrected chi connectivity index (χ4v) is 4.30. The van der Waals surface area contributed by atoms with Gasteiger partial charge in [0.2, 0.25) is 0 Å². The molecule has 0 radical (unpaired) electrons. The van der Waals surface area contributed by atoms with Gasteiger partial charge in [0, 0.05) is 31.0 Å². The van der Waals surface area contributed by atoms with E-state index in [1.165, 1.54) is 0 Å². The molecule has 4 N–H and O–H groups in total. The number of nitrogens with one attached hydrogen (secondary N) is 3. The van der Waals surface area contributed by atoms with E-state index in [1.807, 2.05) is 43.0 Å². The molecule has 0 spiro atoms. The van der Waals surface area contributed by atoms with Crippen LogP contribution in [0, 0.1) is 0 Å². The summed E-state index contributed by atoms with van der Waals surface area (Å²) >= 11 is 1.82. The molecule has 0 bridgehead atoms. The molecule has 1 aliphatic rings. The molecule has 7 heteroatoms. The number of amides is 1. The lowest BCUT2D eigenvalue weighted by Gasteiger charge is -2.44. The Kier molecular flexibility index (Phi) is 8.44. The minimum atomic E-state index is -0.676. The quantitative estimate of drug-likeness (QED) is 0.380. The number of guanidine groups is 1. The molecule has 1 amide bonds. The van der Waals surface area contributed by atoms with Crippen molar-refractivity contribution in [2.24, 2.45) is 4.99 Å². The second-order valence-electron chi connectivity index (χ2n) is 6.74. The molecule has 0 aromatic heterocycles. The van der Waals surface area contributed by atoms with Crippen LogP contribution in [-0.4, -0.2) is 60.3 Å². The Hall–Kier alpha value is -1.73. The van der Waals surface area contributed by atoms with Gasteiger partial charge in [-0.15, -0.1) is 0 Å². The number of rotatable bonds is 9. The van der Waals surface area contributed by atoms with Crippen molar-refractivity contribution in [3.05, 3.63) is 35.4 Å². The molecule has 150 valence electrons. The Bertz CT molecular complexity index is 653. The van der Waals surface area contributed by atoms with E-state index in [0.29, 0.717) is 23.9 Å². The summed E-state index contributed by atoms with van der Waals surface area (Å²) in [5.41, 5.74) is 1.09. The molecule has 0 aliphatic heterocycles. The molecule has 1 aromatic carbocycles. The molecule has 2 atom stereocenters. The minimum Gasteiger partial charge on any atom is -0.387 e. The third-order valence-corrected chi connectivity index (χ3v) is 6.19. The van der Waals surface area contributed by atoms with Gasteiger partial charge in [-0.25, -0.2) is 0 Å². The number of aliphatic imine (C=N–C) groups is 1. The average molecular weight is 393 g/mol. The number of hydrogen-bond acceptors (Lipinski definition) is 4. The van der Waals surface area contributed by atoms with Gasteiger partial charge in [0.1, 0.15) is 0 Å². The Morgan fingerprint density at radius 3 is 2.81 bits per heavy atom. The van der Waals surface area contributed by atoms with Crippen LogP contribution in [-0.2, 0) is 6.42 Å². The Labute approximate surface area is 166 Å². The molecule has 0 saturated heterocycles. The Balaban J connectivity index is 1.88. The summed E-state index contributed by atoms with van der Waals surface area (Å²) in [6.45, 7) is 6.04. The van der Waals surface area contributed by atoms with Gasteiger partial charge in [-0.05, 0) is 49.6 Å². The van der Waals surface area contributed by atoms with Crippen LogP contribution < -0.4 is 16.0 Å². The summed E-state index contributed by atoms with van der Waals surface area (Å²) in [5.74, 6) is 1.66. The first-order valence-corrected chi connectivity index (χ1v) is 10.7. The largest absolute Gasteiger partial charge is 0.387 e. The topological polar surface area (TPSA) is 85.8 Å². The smallest absolute Gasteiger partial charge is 0.251 e. The van der Waals surface area contributed by atoms with Crippen molar-refractivity contribution in [2.75, 3.05) is 32.4 Å². The van der Waals surface area contributed by atoms with Crippen molar-refractivity contribution in [1.29, 1.82) is 0 Å². The number of carbonyl (C=O) groups excluding carboxylic acids is 1. The van der Waals surface area contributed by atoms with Gasteiger partial charge in [-0.2, -0.15) is 11.8 Å². The van der Waals surface area contributed by atoms with E-state index in [1.54, 1.807) is 7.05 Å². The third kappa shape index (κ3) is 6.14. The highest BCUT2D eigenvalue weighted by Crippen LogP contribution is 2.41. The Morgan fingerprint density at radius 1 is 1.37 bits per heavy atom. The number of hydrogen-bond donors (Lipinski definition) is 4. The molecular formula is C20H32N4O2S. The second kappa shape index (κ2) is 10.6. The SMILES string of the molecule is CCNC(=NCC1(O)CCC1SCC)NCCc1cccc(C(=O)NC)c1. The molecule has 1 aromatic rings. The van der Waals surface area contributed by atoms with Crippen LogP contribution >= 0.6 is 11.8 Å². The van der Waals surface area contributed by atoms with Gasteiger partial charge in [0.25, 0.3) is 5.91 Å². The second-order valence-corrected chi connectivity index (χ2v) is 8.22. The third-order valence-electron chi connectivity index (χ3n) is 4.78. The fourth-order valence-electron chi connectivity index (χ4n) is 3.11. The lowest BCUT2D eigenvalue weighted by molar-refractivity contribution is -0.0154. The maximum absolute atomic E-state index is 11.7. The summed E-state index contributed by atoms with van der Waals surface area (Å²) in [4.78, 5) is 16.3. The van der Waals surface area contributed by atoms with Crippen LogP contribution in [0.1, 0.15) is 42.6 Å². The van der Waals surface area contributed by atoms with Crippen molar-refractivity contribution >= 4 is 23.6 Å². The molecule has 2 rings (SSSR count). The van der Waals surface area contributed by atoms with Gasteiger partial charge in [0.15, 0.2) is 5.96 Å². The first-order valence-electron chi connectivity index (χ1n) is 9.69. The van der Waals surface area contributed by atoms with Crippen molar-refractivity contribution in [3.63, 3.8) is 0 Å². The first kappa shape index (κ1) is 21.6. The van der Waals surface area contributed by atoms with Gasteiger partial charge in [0.05, 0.1) is 12.1 Å². The lowest BCUT2D eigenvalue weighted by Crippen LogP contribution is -2.53. The maximum Gasteiger partial charge on any atom is 0.251 e. The van der Waals surface area contributed by atoms with Crippen molar-refractivity contribution < 1.29 is 9.90 Å². The normalized spacial score (nSPS) is 22.1. The van der Waals surface area contributed by atoms with E-state index >= 15 is 0 Å². The van der Waals surface area contributed by atoms with Gasteiger partial charge in [-0.1, -0.05) is 19.1 Å². The van der Waals surface area contributed by atoms with Crippen LogP contribution in [0.5, 0.6) is 0 Å². The van der Waals surface area contributed by atoms with Crippen LogP contribution in [0.3, 0.4) is 0 Å². The zero-order chi connectivity index (χ0) is 19.7. The molecule has 27 heavy (non-hydrogen) atoms. The van der Waals surface area contributed by atoms with E-state index in [4.69, 9.17) is 0 Å². The van der Waals surface area contributed by atoms with E-state index < -0.39 is 5.60 Å². The summed E-state index contributed by atoms with van der Waals surface area (Å²) in [5, 5.41) is 20.2. The summed E-state index contributed by atoms with van der Waals surface area (Å²) in [6, 6.07) is 7.64. The summed E-state index contributed by atoms with van der Waals surface area (Å²) in [7, 11) is 1.63. The van der Waals surface area contributed by atoms with Crippen LogP contribution in [0.15, 0.2) is 29.3 Å². The zero-order valence-corrected chi connectivity index (χ0v) is 17.4. The molecular weight excluding hydrogens is 360 g/mol. The van der Waals surface area contributed by atoms with Gasteiger partial charge in [-0.3, -0.25) is 9.79 Å². The number of nitrogens with zero attached hydrogens (tertiary/aromatic N) is 1. The van der Waals surface area contributed by atoms with Crippen LogP contribution in [0.25, 0.3) is 0 Å². The van der Waals surface area contributed by atoms with Crippen molar-refractivity contribution in [3.8, 4) is 0 Å². The van der Waals surface area contributed by atoms with E-state index in [-0.39, 0.29) is 5.91 Å². The van der Waals surface area contributed by atoms with Gasteiger partial charge >= 0.3 is 0 Å². The molecule has 6 nitrogen and oxygen atoms in total. The predicted molar refractivity (Wildman–Crippen MR) is 114 cm³/mol. The number of carbonyl (C=O) groups is 1. The van der Waals surface area contributed by atoms with Crippen LogP contribution in [0.4, 0.5) is 0 Å². The van der Waals surface area contributed by atoms with Crippen LogP contribution in [0.2, 0.25) is 0 Å². The predicted octanol–water partition coefficient (Wildman–Crippen LogP) is 1.79. The molecule has 1 fully saturated rings. The van der Waals surface area contributed by atoms with E-state index in [2.05, 4.69) is 27.9 Å². The molecule has 1 saturated carbocycles. The standard InChI is InChI=1S/C20H32N4O2S/c1-4-22-19(24-14-20(26)11-9-17(20)27-5-2)23-12-10-15-7-6-8-16(13-15)18(25)21-3/h6-8,13,17,26H,4-5,9-12,14H2,1-3H3,(H,21,25)(H2,22,23,24). The molecule has 2 unspecified atom stereocenters. The number of thioether (sulfide) groups is 1. The number of benzene rings is 1. The number of aliphatic hydroxyl groups is 1.